The van der Waals surface area contributed by atoms with Gasteiger partial charge >= 0.3 is 0 Å². The average Bonchev–Trinajstić information content (AvgIpc) is 2.81. The Morgan fingerprint density at radius 1 is 1.25 bits per heavy atom. The Bertz CT molecular complexity index is 715. The van der Waals surface area contributed by atoms with Gasteiger partial charge in [0.05, 0.1) is 11.2 Å². The summed E-state index contributed by atoms with van der Waals surface area (Å²) in [7, 11) is 0. The zero-order chi connectivity index (χ0) is 16.5. The van der Waals surface area contributed by atoms with Crippen molar-refractivity contribution in [1.82, 2.24) is 24.6 Å². The fourth-order valence-corrected chi connectivity index (χ4v) is 3.75. The Kier molecular flexibility index (Phi) is 4.41. The molecular weight excluding hydrogens is 326 g/mol. The minimum atomic E-state index is 0.382. The summed E-state index contributed by atoms with van der Waals surface area (Å²) in [6.07, 6.45) is 8.24. The van der Waals surface area contributed by atoms with Gasteiger partial charge in [-0.15, -0.1) is 10.2 Å². The van der Waals surface area contributed by atoms with E-state index in [-0.39, 0.29) is 0 Å². The summed E-state index contributed by atoms with van der Waals surface area (Å²) in [6.45, 7) is 4.67. The molecule has 2 aliphatic rings. The molecule has 1 saturated carbocycles. The molecule has 0 spiro atoms. The van der Waals surface area contributed by atoms with Crippen LogP contribution in [0.3, 0.4) is 0 Å². The van der Waals surface area contributed by atoms with Crippen LogP contribution in [0.15, 0.2) is 18.5 Å². The smallest absolute Gasteiger partial charge is 0.171 e. The number of rotatable bonds is 4. The zero-order valence-corrected chi connectivity index (χ0v) is 14.6. The van der Waals surface area contributed by atoms with Gasteiger partial charge in [0, 0.05) is 43.9 Å². The quantitative estimate of drug-likeness (QED) is 0.851. The molecule has 7 heteroatoms. The largest absolute Gasteiger partial charge is 0.484 e. The molecule has 0 saturated heterocycles. The summed E-state index contributed by atoms with van der Waals surface area (Å²) >= 11 is 5.94. The molecule has 6 nitrogen and oxygen atoms in total. The van der Waals surface area contributed by atoms with Crippen LogP contribution in [0.2, 0.25) is 5.02 Å². The second-order valence-corrected chi connectivity index (χ2v) is 7.12. The third-order valence-electron chi connectivity index (χ3n) is 5.12. The highest BCUT2D eigenvalue weighted by atomic mass is 35.5. The molecule has 2 aromatic heterocycles. The Morgan fingerprint density at radius 3 is 2.88 bits per heavy atom. The number of aromatic nitrogens is 4. The van der Waals surface area contributed by atoms with Gasteiger partial charge in [-0.05, 0) is 19.8 Å². The topological polar surface area (TPSA) is 56.1 Å². The van der Waals surface area contributed by atoms with E-state index in [9.17, 15) is 0 Å². The van der Waals surface area contributed by atoms with Crippen molar-refractivity contribution >= 4 is 11.6 Å². The van der Waals surface area contributed by atoms with Gasteiger partial charge in [0.2, 0.25) is 0 Å². The first-order chi connectivity index (χ1) is 11.7. The van der Waals surface area contributed by atoms with E-state index < -0.39 is 0 Å². The standard InChI is InChI=1S/C17H22ClN5O/c1-12-7-16-20-21-17(11-24-15-8-13(18)9-19-10-15)23(16)6-5-22(12)14-3-2-4-14/h8-10,12,14H,2-7,11H2,1H3/t12-/m1/s1. The number of nitrogens with zero attached hydrogens (tertiary/aromatic N) is 5. The van der Waals surface area contributed by atoms with Crippen molar-refractivity contribution in [2.24, 2.45) is 0 Å². The predicted octanol–water partition coefficient (Wildman–Crippen LogP) is 2.70. The molecule has 1 aliphatic carbocycles. The Hall–Kier alpha value is -1.66. The highest BCUT2D eigenvalue weighted by Crippen LogP contribution is 2.28. The molecule has 0 radical (unpaired) electrons. The van der Waals surface area contributed by atoms with Gasteiger partial charge in [0.25, 0.3) is 0 Å². The van der Waals surface area contributed by atoms with Crippen molar-refractivity contribution in [3.05, 3.63) is 35.1 Å². The first-order valence-electron chi connectivity index (χ1n) is 8.61. The van der Waals surface area contributed by atoms with Crippen LogP contribution in [-0.2, 0) is 19.6 Å². The van der Waals surface area contributed by atoms with E-state index in [1.54, 1.807) is 18.5 Å². The number of halogens is 1. The third-order valence-corrected chi connectivity index (χ3v) is 5.33. The van der Waals surface area contributed by atoms with Crippen molar-refractivity contribution in [3.63, 3.8) is 0 Å². The summed E-state index contributed by atoms with van der Waals surface area (Å²) in [5.41, 5.74) is 0. The number of ether oxygens (including phenoxy) is 1. The Morgan fingerprint density at radius 2 is 2.12 bits per heavy atom. The molecular formula is C17H22ClN5O. The molecule has 0 aromatic carbocycles. The van der Waals surface area contributed by atoms with E-state index in [4.69, 9.17) is 16.3 Å². The minimum absolute atomic E-state index is 0.382. The number of hydrogen-bond acceptors (Lipinski definition) is 5. The van der Waals surface area contributed by atoms with Crippen LogP contribution in [0.25, 0.3) is 0 Å². The SMILES string of the molecule is C[C@@H]1Cc2nnc(COc3cncc(Cl)c3)n2CCN1C1CCC1. The minimum Gasteiger partial charge on any atom is -0.484 e. The zero-order valence-electron chi connectivity index (χ0n) is 13.9. The van der Waals surface area contributed by atoms with Gasteiger partial charge in [-0.1, -0.05) is 18.0 Å². The molecule has 0 bridgehead atoms. The van der Waals surface area contributed by atoms with Gasteiger partial charge in [-0.25, -0.2) is 0 Å². The number of fused-ring (bicyclic) bond motifs is 1. The summed E-state index contributed by atoms with van der Waals surface area (Å²) in [5.74, 6) is 2.58. The fraction of sp³-hybridized carbons (Fsp3) is 0.588. The first kappa shape index (κ1) is 15.8. The molecule has 2 aromatic rings. The summed E-state index contributed by atoms with van der Waals surface area (Å²) in [5, 5.41) is 9.30. The Labute approximate surface area is 146 Å². The molecule has 3 heterocycles. The van der Waals surface area contributed by atoms with Crippen molar-refractivity contribution in [1.29, 1.82) is 0 Å². The normalized spacial score (nSPS) is 21.8. The second kappa shape index (κ2) is 6.69. The van der Waals surface area contributed by atoms with Gasteiger partial charge < -0.3 is 9.30 Å². The fourth-order valence-electron chi connectivity index (χ4n) is 3.59. The maximum absolute atomic E-state index is 5.94. The molecule has 0 N–H and O–H groups in total. The molecule has 1 atom stereocenters. The van der Waals surface area contributed by atoms with E-state index >= 15 is 0 Å². The van der Waals surface area contributed by atoms with E-state index in [1.165, 1.54) is 19.3 Å². The maximum atomic E-state index is 5.94. The molecule has 0 amide bonds. The van der Waals surface area contributed by atoms with Crippen LogP contribution in [0.4, 0.5) is 0 Å². The third kappa shape index (κ3) is 3.13. The predicted molar refractivity (Wildman–Crippen MR) is 91.1 cm³/mol. The van der Waals surface area contributed by atoms with Crippen LogP contribution >= 0.6 is 11.6 Å². The lowest BCUT2D eigenvalue weighted by Crippen LogP contribution is -2.46. The molecule has 4 rings (SSSR count). The second-order valence-electron chi connectivity index (χ2n) is 6.69. The number of pyridine rings is 1. The lowest BCUT2D eigenvalue weighted by molar-refractivity contribution is 0.0886. The van der Waals surface area contributed by atoms with Crippen molar-refractivity contribution < 1.29 is 4.74 Å². The van der Waals surface area contributed by atoms with Crippen molar-refractivity contribution in [2.45, 2.75) is 57.8 Å². The van der Waals surface area contributed by atoms with Crippen LogP contribution in [-0.4, -0.2) is 43.3 Å². The summed E-state index contributed by atoms with van der Waals surface area (Å²) in [6, 6.07) is 3.04. The molecule has 24 heavy (non-hydrogen) atoms. The lowest BCUT2D eigenvalue weighted by Gasteiger charge is -2.40. The highest BCUT2D eigenvalue weighted by Gasteiger charge is 2.31. The molecule has 1 aliphatic heterocycles. The van der Waals surface area contributed by atoms with Crippen molar-refractivity contribution in [2.75, 3.05) is 6.54 Å². The van der Waals surface area contributed by atoms with Crippen LogP contribution in [0.1, 0.15) is 37.8 Å². The highest BCUT2D eigenvalue weighted by molar-refractivity contribution is 6.30. The molecule has 1 fully saturated rings. The molecule has 128 valence electrons. The van der Waals surface area contributed by atoms with E-state index in [1.807, 2.05) is 0 Å². The van der Waals surface area contributed by atoms with Crippen LogP contribution in [0.5, 0.6) is 5.75 Å². The van der Waals surface area contributed by atoms with Gasteiger partial charge in [0.1, 0.15) is 18.2 Å². The first-order valence-corrected chi connectivity index (χ1v) is 8.98. The maximum Gasteiger partial charge on any atom is 0.171 e. The van der Waals surface area contributed by atoms with E-state index in [0.717, 1.165) is 37.2 Å². The summed E-state index contributed by atoms with van der Waals surface area (Å²) < 4.78 is 8.00. The molecule has 0 unspecified atom stereocenters. The van der Waals surface area contributed by atoms with Crippen molar-refractivity contribution in [3.8, 4) is 5.75 Å². The van der Waals surface area contributed by atoms with Crippen LogP contribution in [0, 0.1) is 0 Å². The van der Waals surface area contributed by atoms with E-state index in [0.29, 0.717) is 23.4 Å². The van der Waals surface area contributed by atoms with Gasteiger partial charge in [-0.3, -0.25) is 9.88 Å². The van der Waals surface area contributed by atoms with Gasteiger partial charge in [0.15, 0.2) is 5.82 Å². The van der Waals surface area contributed by atoms with Gasteiger partial charge in [-0.2, -0.15) is 0 Å². The Balaban J connectivity index is 1.46. The monoisotopic (exact) mass is 347 g/mol. The van der Waals surface area contributed by atoms with E-state index in [2.05, 4.69) is 31.6 Å². The number of hydrogen-bond donors (Lipinski definition) is 0. The lowest BCUT2D eigenvalue weighted by atomic mass is 9.90. The average molecular weight is 348 g/mol. The summed E-state index contributed by atoms with van der Waals surface area (Å²) in [4.78, 5) is 6.68. The van der Waals surface area contributed by atoms with Crippen LogP contribution < -0.4 is 4.74 Å².